The number of hydrogen-bond donors (Lipinski definition) is 0. The van der Waals surface area contributed by atoms with E-state index < -0.39 is 4.92 Å². The number of nitro benzene ring substituents is 1. The third-order valence-corrected chi connectivity index (χ3v) is 3.48. The van der Waals surface area contributed by atoms with Gasteiger partial charge in [0.05, 0.1) is 30.5 Å². The van der Waals surface area contributed by atoms with Crippen LogP contribution in [0.3, 0.4) is 0 Å². The topological polar surface area (TPSA) is 78.0 Å². The Morgan fingerprint density at radius 1 is 1.33 bits per heavy atom. The van der Waals surface area contributed by atoms with Crippen LogP contribution in [0.2, 0.25) is 0 Å². The van der Waals surface area contributed by atoms with E-state index in [0.29, 0.717) is 23.3 Å². The van der Waals surface area contributed by atoms with Crippen LogP contribution in [0.4, 0.5) is 5.69 Å². The van der Waals surface area contributed by atoms with E-state index in [1.54, 1.807) is 6.07 Å². The minimum absolute atomic E-state index is 0.00488. The van der Waals surface area contributed by atoms with Gasteiger partial charge in [-0.3, -0.25) is 15.0 Å². The second-order valence-corrected chi connectivity index (χ2v) is 4.84. The van der Waals surface area contributed by atoms with Crippen LogP contribution in [0, 0.1) is 10.1 Å². The fourth-order valence-corrected chi connectivity index (χ4v) is 2.36. The van der Waals surface area contributed by atoms with Crippen molar-refractivity contribution in [2.75, 3.05) is 39.5 Å². The van der Waals surface area contributed by atoms with Gasteiger partial charge >= 0.3 is 0 Å². The maximum atomic E-state index is 10.9. The average Bonchev–Trinajstić information content (AvgIpc) is 2.96. The summed E-state index contributed by atoms with van der Waals surface area (Å²) in [6.07, 6.45) is 1.50. The zero-order chi connectivity index (χ0) is 14.7. The molecule has 0 aliphatic carbocycles. The highest BCUT2D eigenvalue weighted by Crippen LogP contribution is 2.31. The summed E-state index contributed by atoms with van der Waals surface area (Å²) in [7, 11) is 0. The number of fused-ring (bicyclic) bond motifs is 1. The number of nitro groups is 1. The molecule has 0 atom stereocenters. The highest BCUT2D eigenvalue weighted by molar-refractivity contribution is 5.85. The molecule has 1 aliphatic rings. The minimum Gasteiger partial charge on any atom is -0.488 e. The molecule has 0 saturated carbocycles. The molecule has 2 heterocycles. The van der Waals surface area contributed by atoms with Crippen LogP contribution in [0.5, 0.6) is 5.75 Å². The molecule has 0 N–H and O–H groups in total. The molecular weight excluding hydrogens is 276 g/mol. The first-order valence-electron chi connectivity index (χ1n) is 6.82. The minimum atomic E-state index is -0.429. The fraction of sp³-hybridized carbons (Fsp3) is 0.429. The first kappa shape index (κ1) is 13.8. The molecular formula is C14H16N2O5. The highest BCUT2D eigenvalue weighted by atomic mass is 16.6. The van der Waals surface area contributed by atoms with Crippen molar-refractivity contribution in [2.45, 2.75) is 0 Å². The molecule has 7 heteroatoms. The van der Waals surface area contributed by atoms with Gasteiger partial charge in [0.2, 0.25) is 0 Å². The van der Waals surface area contributed by atoms with Gasteiger partial charge in [-0.05, 0) is 6.07 Å². The van der Waals surface area contributed by atoms with Gasteiger partial charge in [-0.25, -0.2) is 0 Å². The quantitative estimate of drug-likeness (QED) is 0.620. The van der Waals surface area contributed by atoms with Gasteiger partial charge in [-0.1, -0.05) is 0 Å². The van der Waals surface area contributed by atoms with E-state index in [1.807, 2.05) is 0 Å². The third-order valence-electron chi connectivity index (χ3n) is 3.48. The summed E-state index contributed by atoms with van der Waals surface area (Å²) in [6.45, 7) is 4.45. The van der Waals surface area contributed by atoms with E-state index in [2.05, 4.69) is 4.90 Å². The summed E-state index contributed by atoms with van der Waals surface area (Å²) < 4.78 is 16.3. The Balaban J connectivity index is 1.70. The Morgan fingerprint density at radius 2 is 2.14 bits per heavy atom. The Labute approximate surface area is 121 Å². The predicted molar refractivity (Wildman–Crippen MR) is 75.6 cm³/mol. The van der Waals surface area contributed by atoms with Crippen molar-refractivity contribution < 1.29 is 18.8 Å². The Kier molecular flexibility index (Phi) is 4.03. The Morgan fingerprint density at radius 3 is 2.90 bits per heavy atom. The maximum absolute atomic E-state index is 10.9. The average molecular weight is 292 g/mol. The van der Waals surface area contributed by atoms with Crippen molar-refractivity contribution in [1.82, 2.24) is 4.90 Å². The monoisotopic (exact) mass is 292 g/mol. The van der Waals surface area contributed by atoms with Crippen molar-refractivity contribution >= 4 is 16.7 Å². The van der Waals surface area contributed by atoms with Gasteiger partial charge in [0.15, 0.2) is 11.3 Å². The van der Waals surface area contributed by atoms with Crippen molar-refractivity contribution in [3.05, 3.63) is 34.6 Å². The lowest BCUT2D eigenvalue weighted by atomic mass is 10.2. The molecule has 0 spiro atoms. The smallest absolute Gasteiger partial charge is 0.274 e. The van der Waals surface area contributed by atoms with E-state index in [1.165, 1.54) is 18.4 Å². The highest BCUT2D eigenvalue weighted by Gasteiger charge is 2.16. The molecule has 3 rings (SSSR count). The van der Waals surface area contributed by atoms with Crippen molar-refractivity contribution in [3.63, 3.8) is 0 Å². The SMILES string of the molecule is O=[N+]([O-])c1cc(OCCN2CCOCC2)c2occc2c1. The van der Waals surface area contributed by atoms with Crippen LogP contribution in [-0.2, 0) is 4.74 Å². The number of non-ortho nitro benzene ring substituents is 1. The number of hydrogen-bond acceptors (Lipinski definition) is 6. The molecule has 1 fully saturated rings. The lowest BCUT2D eigenvalue weighted by Crippen LogP contribution is -2.38. The molecule has 7 nitrogen and oxygen atoms in total. The van der Waals surface area contributed by atoms with Crippen molar-refractivity contribution in [2.24, 2.45) is 0 Å². The van der Waals surface area contributed by atoms with Crippen LogP contribution >= 0.6 is 0 Å². The molecule has 1 saturated heterocycles. The van der Waals surface area contributed by atoms with Gasteiger partial charge in [-0.2, -0.15) is 0 Å². The fourth-order valence-electron chi connectivity index (χ4n) is 2.36. The maximum Gasteiger partial charge on any atom is 0.274 e. The summed E-state index contributed by atoms with van der Waals surface area (Å²) in [5.74, 6) is 0.414. The van der Waals surface area contributed by atoms with Crippen LogP contribution < -0.4 is 4.74 Å². The molecule has 0 radical (unpaired) electrons. The van der Waals surface area contributed by atoms with E-state index >= 15 is 0 Å². The van der Waals surface area contributed by atoms with Crippen LogP contribution in [-0.4, -0.2) is 49.3 Å². The standard InChI is InChI=1S/C14H16N2O5/c17-16(18)12-9-11-1-5-21-14(11)13(10-12)20-8-4-15-2-6-19-7-3-15/h1,5,9-10H,2-4,6-8H2. The normalized spacial score (nSPS) is 16.2. The van der Waals surface area contributed by atoms with Gasteiger partial charge in [0.1, 0.15) is 6.61 Å². The van der Waals surface area contributed by atoms with E-state index in [4.69, 9.17) is 13.9 Å². The second kappa shape index (κ2) is 6.11. The molecule has 2 aromatic rings. The number of benzene rings is 1. The first-order valence-corrected chi connectivity index (χ1v) is 6.82. The lowest BCUT2D eigenvalue weighted by molar-refractivity contribution is -0.384. The van der Waals surface area contributed by atoms with Crippen LogP contribution in [0.15, 0.2) is 28.9 Å². The summed E-state index contributed by atoms with van der Waals surface area (Å²) in [6, 6.07) is 4.58. The number of rotatable bonds is 5. The molecule has 0 amide bonds. The number of nitrogens with zero attached hydrogens (tertiary/aromatic N) is 2. The molecule has 0 unspecified atom stereocenters. The summed E-state index contributed by atoms with van der Waals surface area (Å²) in [4.78, 5) is 12.7. The summed E-state index contributed by atoms with van der Waals surface area (Å²) in [5.41, 5.74) is 0.549. The van der Waals surface area contributed by atoms with Crippen molar-refractivity contribution in [1.29, 1.82) is 0 Å². The number of furan rings is 1. The van der Waals surface area contributed by atoms with Crippen LogP contribution in [0.1, 0.15) is 0 Å². The van der Waals surface area contributed by atoms with Gasteiger partial charge < -0.3 is 13.9 Å². The van der Waals surface area contributed by atoms with E-state index in [9.17, 15) is 10.1 Å². The number of ether oxygens (including phenoxy) is 2. The van der Waals surface area contributed by atoms with Crippen LogP contribution in [0.25, 0.3) is 11.0 Å². The first-order chi connectivity index (χ1) is 10.2. The lowest BCUT2D eigenvalue weighted by Gasteiger charge is -2.26. The summed E-state index contributed by atoms with van der Waals surface area (Å²) in [5, 5.41) is 11.6. The van der Waals surface area contributed by atoms with Gasteiger partial charge in [0, 0.05) is 31.1 Å². The molecule has 1 aromatic carbocycles. The van der Waals surface area contributed by atoms with E-state index in [0.717, 1.165) is 32.8 Å². The summed E-state index contributed by atoms with van der Waals surface area (Å²) >= 11 is 0. The van der Waals surface area contributed by atoms with Gasteiger partial charge in [0.25, 0.3) is 5.69 Å². The predicted octanol–water partition coefficient (Wildman–Crippen LogP) is 2.05. The largest absolute Gasteiger partial charge is 0.488 e. The number of morpholine rings is 1. The zero-order valence-electron chi connectivity index (χ0n) is 11.5. The Bertz CT molecular complexity index is 633. The van der Waals surface area contributed by atoms with Gasteiger partial charge in [-0.15, -0.1) is 0 Å². The van der Waals surface area contributed by atoms with E-state index in [-0.39, 0.29) is 5.69 Å². The Hall–Kier alpha value is -2.12. The zero-order valence-corrected chi connectivity index (χ0v) is 11.5. The van der Waals surface area contributed by atoms with Crippen molar-refractivity contribution in [3.8, 4) is 5.75 Å². The molecule has 112 valence electrons. The second-order valence-electron chi connectivity index (χ2n) is 4.84. The molecule has 0 bridgehead atoms. The molecule has 21 heavy (non-hydrogen) atoms. The molecule has 1 aromatic heterocycles. The third kappa shape index (κ3) is 3.14. The molecule has 1 aliphatic heterocycles.